The van der Waals surface area contributed by atoms with Gasteiger partial charge < -0.3 is 10.1 Å². The third-order valence-electron chi connectivity index (χ3n) is 5.10. The molecule has 1 aromatic heterocycles. The molecule has 0 saturated carbocycles. The van der Waals surface area contributed by atoms with Crippen molar-refractivity contribution in [1.82, 2.24) is 4.98 Å². The SMILES string of the molecule is CC(C)(C)c1cc(N=Cc2ccc(-c3ccccc3)[nH]2)cc(C(C)(C)C)c1C(=O)O. The van der Waals surface area contributed by atoms with E-state index in [0.717, 1.165) is 33.8 Å². The largest absolute Gasteiger partial charge is 0.478 e. The number of aromatic amines is 1. The van der Waals surface area contributed by atoms with Crippen LogP contribution in [0.25, 0.3) is 11.3 Å². The van der Waals surface area contributed by atoms with Crippen LogP contribution in [0.2, 0.25) is 0 Å². The van der Waals surface area contributed by atoms with E-state index >= 15 is 0 Å². The zero-order chi connectivity index (χ0) is 22.1. The smallest absolute Gasteiger partial charge is 0.336 e. The van der Waals surface area contributed by atoms with Crippen molar-refractivity contribution in [2.45, 2.75) is 52.4 Å². The highest BCUT2D eigenvalue weighted by Crippen LogP contribution is 2.37. The topological polar surface area (TPSA) is 65.5 Å². The second kappa shape index (κ2) is 7.94. The van der Waals surface area contributed by atoms with Gasteiger partial charge in [-0.2, -0.15) is 0 Å². The third-order valence-corrected chi connectivity index (χ3v) is 5.10. The molecule has 0 aliphatic heterocycles. The fourth-order valence-electron chi connectivity index (χ4n) is 3.53. The first kappa shape index (κ1) is 21.6. The minimum absolute atomic E-state index is 0.313. The fraction of sp³-hybridized carbons (Fsp3) is 0.308. The molecule has 0 spiro atoms. The Labute approximate surface area is 178 Å². The number of benzene rings is 2. The van der Waals surface area contributed by atoms with Gasteiger partial charge in [0.25, 0.3) is 0 Å². The average molecular weight is 403 g/mol. The molecular weight excluding hydrogens is 372 g/mol. The molecule has 2 N–H and O–H groups in total. The Morgan fingerprint density at radius 2 is 1.47 bits per heavy atom. The summed E-state index contributed by atoms with van der Waals surface area (Å²) in [7, 11) is 0. The third kappa shape index (κ3) is 4.70. The number of nitrogens with one attached hydrogen (secondary N) is 1. The van der Waals surface area contributed by atoms with E-state index in [4.69, 9.17) is 0 Å². The summed E-state index contributed by atoms with van der Waals surface area (Å²) in [5, 5.41) is 9.94. The first-order valence-corrected chi connectivity index (χ1v) is 10.2. The zero-order valence-corrected chi connectivity index (χ0v) is 18.6. The highest BCUT2D eigenvalue weighted by Gasteiger charge is 2.29. The minimum atomic E-state index is -0.891. The molecule has 0 fully saturated rings. The molecule has 2 aromatic carbocycles. The summed E-state index contributed by atoms with van der Waals surface area (Å²) < 4.78 is 0. The van der Waals surface area contributed by atoms with Crippen LogP contribution in [0.5, 0.6) is 0 Å². The lowest BCUT2D eigenvalue weighted by molar-refractivity contribution is 0.0691. The highest BCUT2D eigenvalue weighted by molar-refractivity contribution is 5.93. The normalized spacial score (nSPS) is 12.5. The molecule has 4 heteroatoms. The maximum atomic E-state index is 12.1. The van der Waals surface area contributed by atoms with E-state index in [1.165, 1.54) is 0 Å². The van der Waals surface area contributed by atoms with Gasteiger partial charge >= 0.3 is 5.97 Å². The molecule has 0 atom stereocenters. The lowest BCUT2D eigenvalue weighted by Crippen LogP contribution is -2.23. The maximum Gasteiger partial charge on any atom is 0.336 e. The van der Waals surface area contributed by atoms with E-state index in [1.54, 1.807) is 6.21 Å². The molecule has 0 aliphatic rings. The monoisotopic (exact) mass is 402 g/mol. The Balaban J connectivity index is 2.04. The van der Waals surface area contributed by atoms with Crippen molar-refractivity contribution in [2.24, 2.45) is 4.99 Å². The van der Waals surface area contributed by atoms with Crippen molar-refractivity contribution in [1.29, 1.82) is 0 Å². The number of aliphatic imine (C=N–C) groups is 1. The summed E-state index contributed by atoms with van der Waals surface area (Å²) >= 11 is 0. The lowest BCUT2D eigenvalue weighted by atomic mass is 9.76. The Kier molecular flexibility index (Phi) is 5.71. The fourth-order valence-corrected chi connectivity index (χ4v) is 3.53. The van der Waals surface area contributed by atoms with E-state index < -0.39 is 5.97 Å². The second-order valence-corrected chi connectivity index (χ2v) is 9.67. The Morgan fingerprint density at radius 3 is 1.97 bits per heavy atom. The molecule has 156 valence electrons. The predicted octanol–water partition coefficient (Wildman–Crippen LogP) is 6.73. The lowest BCUT2D eigenvalue weighted by Gasteiger charge is -2.28. The molecule has 3 rings (SSSR count). The zero-order valence-electron chi connectivity index (χ0n) is 18.6. The number of H-pyrrole nitrogens is 1. The van der Waals surface area contributed by atoms with Crippen molar-refractivity contribution < 1.29 is 9.90 Å². The molecule has 0 amide bonds. The van der Waals surface area contributed by atoms with Gasteiger partial charge in [0, 0.05) is 5.69 Å². The number of nitrogens with zero attached hydrogens (tertiary/aromatic N) is 1. The highest BCUT2D eigenvalue weighted by atomic mass is 16.4. The number of hydrogen-bond donors (Lipinski definition) is 2. The van der Waals surface area contributed by atoms with Crippen molar-refractivity contribution in [3.05, 3.63) is 77.0 Å². The summed E-state index contributed by atoms with van der Waals surface area (Å²) in [5.41, 5.74) is 5.16. The molecule has 3 aromatic rings. The van der Waals surface area contributed by atoms with Crippen LogP contribution in [0, 0.1) is 0 Å². The standard InChI is InChI=1S/C26H30N2O2/c1-25(2,3)20-14-19(15-21(26(4,5)6)23(20)24(29)30)27-16-18-12-13-22(28-18)17-10-8-7-9-11-17/h7-16,28H,1-6H3,(H,29,30). The summed E-state index contributed by atoms with van der Waals surface area (Å²) in [6.45, 7) is 12.2. The second-order valence-electron chi connectivity index (χ2n) is 9.67. The molecule has 0 unspecified atom stereocenters. The van der Waals surface area contributed by atoms with Crippen LogP contribution in [0.15, 0.2) is 59.6 Å². The van der Waals surface area contributed by atoms with E-state index in [9.17, 15) is 9.90 Å². The van der Waals surface area contributed by atoms with Crippen molar-refractivity contribution >= 4 is 17.9 Å². The molecule has 4 nitrogen and oxygen atoms in total. The van der Waals surface area contributed by atoms with Crippen molar-refractivity contribution in [3.8, 4) is 11.3 Å². The first-order chi connectivity index (χ1) is 14.0. The van der Waals surface area contributed by atoms with Gasteiger partial charge in [0.1, 0.15) is 0 Å². The van der Waals surface area contributed by atoms with Gasteiger partial charge in [-0.25, -0.2) is 4.79 Å². The molecule has 0 bridgehead atoms. The molecule has 0 saturated heterocycles. The Morgan fingerprint density at radius 1 is 0.900 bits per heavy atom. The number of carboxylic acid groups (broad SMARTS) is 1. The summed E-state index contributed by atoms with van der Waals surface area (Å²) in [6, 6.07) is 18.0. The van der Waals surface area contributed by atoms with Gasteiger partial charge in [0.15, 0.2) is 0 Å². The number of hydrogen-bond acceptors (Lipinski definition) is 2. The van der Waals surface area contributed by atoms with Crippen LogP contribution in [-0.4, -0.2) is 22.3 Å². The van der Waals surface area contributed by atoms with E-state index in [0.29, 0.717) is 5.56 Å². The molecule has 30 heavy (non-hydrogen) atoms. The predicted molar refractivity (Wildman–Crippen MR) is 124 cm³/mol. The van der Waals surface area contributed by atoms with Crippen LogP contribution in [-0.2, 0) is 10.8 Å². The average Bonchev–Trinajstić information content (AvgIpc) is 3.14. The van der Waals surface area contributed by atoms with Gasteiger partial charge in [-0.1, -0.05) is 71.9 Å². The number of aromatic nitrogens is 1. The van der Waals surface area contributed by atoms with Gasteiger partial charge in [-0.3, -0.25) is 4.99 Å². The maximum absolute atomic E-state index is 12.1. The summed E-state index contributed by atoms with van der Waals surface area (Å²) in [6.07, 6.45) is 1.79. The van der Waals surface area contributed by atoms with Gasteiger partial charge in [0.2, 0.25) is 0 Å². The Bertz CT molecular complexity index is 1040. The van der Waals surface area contributed by atoms with E-state index in [1.807, 2.05) is 84.0 Å². The summed E-state index contributed by atoms with van der Waals surface area (Å²) in [5.74, 6) is -0.891. The van der Waals surface area contributed by atoms with Crippen molar-refractivity contribution in [2.75, 3.05) is 0 Å². The molecular formula is C26H30N2O2. The number of carbonyl (C=O) groups is 1. The van der Waals surface area contributed by atoms with E-state index in [-0.39, 0.29) is 10.8 Å². The van der Waals surface area contributed by atoms with Gasteiger partial charge in [0.05, 0.1) is 23.2 Å². The van der Waals surface area contributed by atoms with Crippen LogP contribution < -0.4 is 0 Å². The van der Waals surface area contributed by atoms with Gasteiger partial charge in [-0.05, 0) is 51.8 Å². The van der Waals surface area contributed by atoms with Crippen LogP contribution in [0.3, 0.4) is 0 Å². The van der Waals surface area contributed by atoms with Crippen LogP contribution >= 0.6 is 0 Å². The van der Waals surface area contributed by atoms with Gasteiger partial charge in [-0.15, -0.1) is 0 Å². The van der Waals surface area contributed by atoms with E-state index in [2.05, 4.69) is 22.1 Å². The Hall–Kier alpha value is -3.14. The van der Waals surface area contributed by atoms with Crippen LogP contribution in [0.1, 0.15) is 68.7 Å². The van der Waals surface area contributed by atoms with Crippen LogP contribution in [0.4, 0.5) is 5.69 Å². The summed E-state index contributed by atoms with van der Waals surface area (Å²) in [4.78, 5) is 20.2. The van der Waals surface area contributed by atoms with Crippen molar-refractivity contribution in [3.63, 3.8) is 0 Å². The number of rotatable bonds is 4. The number of carboxylic acids is 1. The first-order valence-electron chi connectivity index (χ1n) is 10.2. The molecule has 1 heterocycles. The molecule has 0 aliphatic carbocycles. The number of aromatic carboxylic acids is 1. The quantitative estimate of drug-likeness (QED) is 0.475. The minimum Gasteiger partial charge on any atom is -0.478 e. The molecule has 0 radical (unpaired) electrons.